The molecule has 4 heteroatoms. The first-order chi connectivity index (χ1) is 8.90. The Kier molecular flexibility index (Phi) is 6.01. The number of benzene rings is 1. The van der Waals surface area contributed by atoms with Crippen molar-refractivity contribution in [3.05, 3.63) is 35.4 Å². The smallest absolute Gasteiger partial charge is 0.151 e. The fraction of sp³-hybridized carbons (Fsp3) is 0.600. The van der Waals surface area contributed by atoms with E-state index in [1.807, 2.05) is 19.1 Å². The van der Waals surface area contributed by atoms with Crippen LogP contribution in [0.2, 0.25) is 0 Å². The van der Waals surface area contributed by atoms with Gasteiger partial charge in [-0.1, -0.05) is 44.5 Å². The van der Waals surface area contributed by atoms with Gasteiger partial charge in [-0.3, -0.25) is 0 Å². The van der Waals surface area contributed by atoms with Gasteiger partial charge in [0.25, 0.3) is 0 Å². The number of aryl methyl sites for hydroxylation is 1. The summed E-state index contributed by atoms with van der Waals surface area (Å²) in [5.41, 5.74) is 2.34. The molecule has 0 fully saturated rings. The van der Waals surface area contributed by atoms with Crippen LogP contribution in [0.15, 0.2) is 24.3 Å². The van der Waals surface area contributed by atoms with Gasteiger partial charge in [-0.25, -0.2) is 8.42 Å². The topological polar surface area (TPSA) is 46.2 Å². The van der Waals surface area contributed by atoms with E-state index in [1.54, 1.807) is 6.92 Å². The van der Waals surface area contributed by atoms with Crippen LogP contribution in [0.3, 0.4) is 0 Å². The van der Waals surface area contributed by atoms with Crippen molar-refractivity contribution in [2.24, 2.45) is 0 Å². The van der Waals surface area contributed by atoms with Crippen molar-refractivity contribution < 1.29 is 8.42 Å². The molecule has 1 aromatic carbocycles. The first kappa shape index (κ1) is 16.2. The molecule has 19 heavy (non-hydrogen) atoms. The van der Waals surface area contributed by atoms with Crippen molar-refractivity contribution in [2.45, 2.75) is 44.9 Å². The summed E-state index contributed by atoms with van der Waals surface area (Å²) < 4.78 is 23.5. The van der Waals surface area contributed by atoms with E-state index in [-0.39, 0.29) is 6.04 Å². The van der Waals surface area contributed by atoms with Crippen molar-refractivity contribution >= 4 is 9.84 Å². The first-order valence-electron chi connectivity index (χ1n) is 6.91. The summed E-state index contributed by atoms with van der Waals surface area (Å²) in [6, 6.07) is 8.13. The zero-order valence-electron chi connectivity index (χ0n) is 12.3. The molecule has 0 aromatic heterocycles. The van der Waals surface area contributed by atoms with Crippen LogP contribution in [0.4, 0.5) is 0 Å². The van der Waals surface area contributed by atoms with Gasteiger partial charge in [0.05, 0.1) is 5.25 Å². The average molecular weight is 283 g/mol. The number of nitrogens with one attached hydrogen (secondary N) is 1. The molecule has 0 spiro atoms. The SMILES string of the molecule is CCCc1ccc(C(NCC)C(C)S(C)(=O)=O)cc1. The van der Waals surface area contributed by atoms with Crippen molar-refractivity contribution in [2.75, 3.05) is 12.8 Å². The van der Waals surface area contributed by atoms with E-state index in [0.29, 0.717) is 0 Å². The molecule has 1 rings (SSSR count). The standard InChI is InChI=1S/C15H25NO2S/c1-5-7-13-8-10-14(11-9-13)15(16-6-2)12(3)19(4,17)18/h8-12,15-16H,5-7H2,1-4H3. The Hall–Kier alpha value is -0.870. The second-order valence-corrected chi connectivity index (χ2v) is 7.46. The fourth-order valence-electron chi connectivity index (χ4n) is 2.20. The minimum Gasteiger partial charge on any atom is -0.309 e. The van der Waals surface area contributed by atoms with Crippen LogP contribution in [0.1, 0.15) is 44.4 Å². The second-order valence-electron chi connectivity index (χ2n) is 5.06. The van der Waals surface area contributed by atoms with Gasteiger partial charge in [-0.05, 0) is 31.0 Å². The summed E-state index contributed by atoms with van der Waals surface area (Å²) in [5.74, 6) is 0. The molecular formula is C15H25NO2S. The Balaban J connectivity index is 2.99. The highest BCUT2D eigenvalue weighted by Gasteiger charge is 2.26. The number of hydrogen-bond donors (Lipinski definition) is 1. The molecule has 0 aliphatic carbocycles. The van der Waals surface area contributed by atoms with Gasteiger partial charge in [0.15, 0.2) is 9.84 Å². The fourth-order valence-corrected chi connectivity index (χ4v) is 2.95. The third-order valence-electron chi connectivity index (χ3n) is 3.45. The summed E-state index contributed by atoms with van der Waals surface area (Å²) in [6.45, 7) is 6.67. The molecule has 1 aromatic rings. The summed E-state index contributed by atoms with van der Waals surface area (Å²) in [7, 11) is -3.06. The maximum absolute atomic E-state index is 11.8. The quantitative estimate of drug-likeness (QED) is 0.837. The molecule has 0 saturated heterocycles. The molecule has 0 radical (unpaired) electrons. The van der Waals surface area contributed by atoms with Crippen LogP contribution >= 0.6 is 0 Å². The zero-order chi connectivity index (χ0) is 14.5. The summed E-state index contributed by atoms with van der Waals surface area (Å²) in [6.07, 6.45) is 3.48. The highest BCUT2D eigenvalue weighted by atomic mass is 32.2. The lowest BCUT2D eigenvalue weighted by Gasteiger charge is -2.24. The molecule has 0 aliphatic rings. The lowest BCUT2D eigenvalue weighted by molar-refractivity contribution is 0.513. The van der Waals surface area contributed by atoms with Gasteiger partial charge >= 0.3 is 0 Å². The normalized spacial score (nSPS) is 15.2. The Bertz CT molecular complexity index is 479. The van der Waals surface area contributed by atoms with E-state index < -0.39 is 15.1 Å². The largest absolute Gasteiger partial charge is 0.309 e. The molecule has 2 atom stereocenters. The van der Waals surface area contributed by atoms with Crippen LogP contribution in [0.25, 0.3) is 0 Å². The molecule has 0 aliphatic heterocycles. The number of sulfone groups is 1. The Morgan fingerprint density at radius 2 is 1.74 bits per heavy atom. The van der Waals surface area contributed by atoms with E-state index in [2.05, 4.69) is 24.4 Å². The van der Waals surface area contributed by atoms with Crippen LogP contribution in [-0.2, 0) is 16.3 Å². The average Bonchev–Trinajstić information content (AvgIpc) is 2.36. The van der Waals surface area contributed by atoms with Gasteiger partial charge in [-0.15, -0.1) is 0 Å². The molecule has 0 heterocycles. The molecule has 0 saturated carbocycles. The molecule has 0 bridgehead atoms. The minimum atomic E-state index is -3.06. The highest BCUT2D eigenvalue weighted by Crippen LogP contribution is 2.22. The van der Waals surface area contributed by atoms with E-state index >= 15 is 0 Å². The highest BCUT2D eigenvalue weighted by molar-refractivity contribution is 7.91. The predicted octanol–water partition coefficient (Wildman–Crippen LogP) is 2.72. The Morgan fingerprint density at radius 1 is 1.16 bits per heavy atom. The second kappa shape index (κ2) is 7.06. The van der Waals surface area contributed by atoms with Crippen LogP contribution in [-0.4, -0.2) is 26.5 Å². The Labute approximate surface area is 117 Å². The number of rotatable bonds is 7. The van der Waals surface area contributed by atoms with Gasteiger partial charge in [0.2, 0.25) is 0 Å². The van der Waals surface area contributed by atoms with Crippen molar-refractivity contribution in [3.63, 3.8) is 0 Å². The van der Waals surface area contributed by atoms with Gasteiger partial charge in [0.1, 0.15) is 0 Å². The molecule has 1 N–H and O–H groups in total. The molecule has 0 amide bonds. The summed E-state index contributed by atoms with van der Waals surface area (Å²) >= 11 is 0. The van der Waals surface area contributed by atoms with Crippen LogP contribution in [0, 0.1) is 0 Å². The van der Waals surface area contributed by atoms with E-state index in [0.717, 1.165) is 24.9 Å². The zero-order valence-corrected chi connectivity index (χ0v) is 13.1. The molecule has 108 valence electrons. The minimum absolute atomic E-state index is 0.143. The van der Waals surface area contributed by atoms with Crippen LogP contribution < -0.4 is 5.32 Å². The monoisotopic (exact) mass is 283 g/mol. The molecule has 2 unspecified atom stereocenters. The van der Waals surface area contributed by atoms with E-state index in [1.165, 1.54) is 11.8 Å². The Morgan fingerprint density at radius 3 is 2.16 bits per heavy atom. The van der Waals surface area contributed by atoms with Gasteiger partial charge in [-0.2, -0.15) is 0 Å². The maximum atomic E-state index is 11.8. The third kappa shape index (κ3) is 4.62. The molecule has 3 nitrogen and oxygen atoms in total. The lowest BCUT2D eigenvalue weighted by atomic mass is 10.0. The summed E-state index contributed by atoms with van der Waals surface area (Å²) in [4.78, 5) is 0. The van der Waals surface area contributed by atoms with E-state index in [9.17, 15) is 8.42 Å². The maximum Gasteiger partial charge on any atom is 0.151 e. The van der Waals surface area contributed by atoms with Crippen LogP contribution in [0.5, 0.6) is 0 Å². The first-order valence-corrected chi connectivity index (χ1v) is 8.86. The number of hydrogen-bond acceptors (Lipinski definition) is 3. The predicted molar refractivity (Wildman–Crippen MR) is 81.2 cm³/mol. The lowest BCUT2D eigenvalue weighted by Crippen LogP contribution is -2.34. The molecular weight excluding hydrogens is 258 g/mol. The summed E-state index contributed by atoms with van der Waals surface area (Å²) in [5, 5.41) is 2.85. The third-order valence-corrected chi connectivity index (χ3v) is 5.07. The van der Waals surface area contributed by atoms with E-state index in [4.69, 9.17) is 0 Å². The van der Waals surface area contributed by atoms with Crippen molar-refractivity contribution in [1.82, 2.24) is 5.32 Å². The van der Waals surface area contributed by atoms with Gasteiger partial charge < -0.3 is 5.32 Å². The van der Waals surface area contributed by atoms with Crippen molar-refractivity contribution in [1.29, 1.82) is 0 Å². The van der Waals surface area contributed by atoms with Crippen molar-refractivity contribution in [3.8, 4) is 0 Å². The van der Waals surface area contributed by atoms with Gasteiger partial charge in [0, 0.05) is 12.3 Å².